The molecule has 0 atom stereocenters. The summed E-state index contributed by atoms with van der Waals surface area (Å²) < 4.78 is 0. The van der Waals surface area contributed by atoms with Crippen LogP contribution in [0.5, 0.6) is 5.75 Å². The van der Waals surface area contributed by atoms with E-state index >= 15 is 0 Å². The zero-order valence-corrected chi connectivity index (χ0v) is 11.9. The van der Waals surface area contributed by atoms with Gasteiger partial charge in [0.2, 0.25) is 0 Å². The lowest BCUT2D eigenvalue weighted by Crippen LogP contribution is -2.15. The van der Waals surface area contributed by atoms with Gasteiger partial charge in [-0.15, -0.1) is 0 Å². The second-order valence-electron chi connectivity index (χ2n) is 5.65. The second kappa shape index (κ2) is 6.03. The lowest BCUT2D eigenvalue weighted by molar-refractivity contribution is -0.384. The first-order valence-electron chi connectivity index (χ1n) is 6.98. The van der Waals surface area contributed by atoms with Crippen LogP contribution in [0.2, 0.25) is 0 Å². The third-order valence-electron chi connectivity index (χ3n) is 3.94. The summed E-state index contributed by atoms with van der Waals surface area (Å²) in [4.78, 5) is 14.9. The number of aryl methyl sites for hydroxylation is 1. The Morgan fingerprint density at radius 1 is 1.35 bits per heavy atom. The third-order valence-corrected chi connectivity index (χ3v) is 3.94. The molecule has 0 unspecified atom stereocenters. The molecule has 0 aromatic heterocycles. The Morgan fingerprint density at radius 2 is 2.00 bits per heavy atom. The Morgan fingerprint density at radius 3 is 2.60 bits per heavy atom. The minimum absolute atomic E-state index is 0.0148. The van der Waals surface area contributed by atoms with Gasteiger partial charge in [-0.3, -0.25) is 15.1 Å². The molecular formula is C15H20N2O3. The van der Waals surface area contributed by atoms with Gasteiger partial charge in [0.25, 0.3) is 5.69 Å². The van der Waals surface area contributed by atoms with Crippen LogP contribution in [-0.4, -0.2) is 22.3 Å². The van der Waals surface area contributed by atoms with Crippen molar-refractivity contribution in [3.05, 3.63) is 33.4 Å². The summed E-state index contributed by atoms with van der Waals surface area (Å²) in [7, 11) is 0. The van der Waals surface area contributed by atoms with Crippen molar-refractivity contribution in [3.8, 4) is 5.75 Å². The van der Waals surface area contributed by atoms with E-state index < -0.39 is 4.92 Å². The zero-order chi connectivity index (χ0) is 14.7. The van der Waals surface area contributed by atoms with E-state index in [0.29, 0.717) is 11.1 Å². The van der Waals surface area contributed by atoms with Crippen LogP contribution in [-0.2, 0) is 0 Å². The number of hydrogen-bond donors (Lipinski definition) is 1. The molecule has 1 fully saturated rings. The molecule has 5 heteroatoms. The van der Waals surface area contributed by atoms with Crippen LogP contribution in [0.3, 0.4) is 0 Å². The lowest BCUT2D eigenvalue weighted by atomic mass is 9.88. The van der Waals surface area contributed by atoms with Crippen LogP contribution in [0.4, 0.5) is 5.69 Å². The fourth-order valence-electron chi connectivity index (χ4n) is 2.57. The highest BCUT2D eigenvalue weighted by molar-refractivity contribution is 5.85. The predicted octanol–water partition coefficient (Wildman–Crippen LogP) is 3.61. The zero-order valence-electron chi connectivity index (χ0n) is 11.9. The quantitative estimate of drug-likeness (QED) is 0.520. The molecule has 1 aliphatic carbocycles. The summed E-state index contributed by atoms with van der Waals surface area (Å²) in [6, 6.07) is 3.01. The molecule has 20 heavy (non-hydrogen) atoms. The van der Waals surface area contributed by atoms with Gasteiger partial charge in [-0.25, -0.2) is 0 Å². The van der Waals surface area contributed by atoms with Crippen molar-refractivity contribution >= 4 is 11.9 Å². The van der Waals surface area contributed by atoms with Gasteiger partial charge in [0.1, 0.15) is 5.75 Å². The van der Waals surface area contributed by atoms with E-state index in [9.17, 15) is 15.2 Å². The van der Waals surface area contributed by atoms with E-state index in [1.165, 1.54) is 25.0 Å². The largest absolute Gasteiger partial charge is 0.507 e. The van der Waals surface area contributed by atoms with Crippen LogP contribution in [0.25, 0.3) is 0 Å². The molecule has 108 valence electrons. The summed E-state index contributed by atoms with van der Waals surface area (Å²) >= 11 is 0. The molecule has 0 bridgehead atoms. The fraction of sp³-hybridized carbons (Fsp3) is 0.533. The van der Waals surface area contributed by atoms with Crippen molar-refractivity contribution in [2.24, 2.45) is 10.9 Å². The van der Waals surface area contributed by atoms with Gasteiger partial charge in [0.05, 0.1) is 4.92 Å². The average Bonchev–Trinajstić information content (AvgIpc) is 2.42. The summed E-state index contributed by atoms with van der Waals surface area (Å²) in [5, 5.41) is 20.8. The fourth-order valence-corrected chi connectivity index (χ4v) is 2.57. The number of rotatable bonds is 3. The number of benzene rings is 1. The second-order valence-corrected chi connectivity index (χ2v) is 5.65. The molecule has 2 rings (SSSR count). The van der Waals surface area contributed by atoms with Gasteiger partial charge in [0, 0.05) is 30.0 Å². The summed E-state index contributed by atoms with van der Waals surface area (Å²) in [6.45, 7) is 3.90. The Labute approximate surface area is 118 Å². The predicted molar refractivity (Wildman–Crippen MR) is 78.5 cm³/mol. The maximum atomic E-state index is 10.8. The van der Waals surface area contributed by atoms with Gasteiger partial charge in [-0.05, 0) is 44.1 Å². The number of nitrogens with zero attached hydrogens (tertiary/aromatic N) is 2. The van der Waals surface area contributed by atoms with Crippen molar-refractivity contribution < 1.29 is 10.0 Å². The summed E-state index contributed by atoms with van der Waals surface area (Å²) in [6.07, 6.45) is 6.01. The van der Waals surface area contributed by atoms with Crippen LogP contribution < -0.4 is 0 Å². The molecule has 1 aromatic rings. The number of phenolic OH excluding ortho intramolecular Hbond substituents is 1. The summed E-state index contributed by atoms with van der Waals surface area (Å²) in [5.74, 6) is 0.832. The molecule has 0 radical (unpaired) electrons. The first kappa shape index (κ1) is 14.5. The number of hydrogen-bond acceptors (Lipinski definition) is 4. The van der Waals surface area contributed by atoms with Gasteiger partial charge in [-0.1, -0.05) is 6.92 Å². The molecule has 0 aliphatic heterocycles. The van der Waals surface area contributed by atoms with Crippen molar-refractivity contribution in [3.63, 3.8) is 0 Å². The normalized spacial score (nSPS) is 23.1. The highest BCUT2D eigenvalue weighted by Crippen LogP contribution is 2.28. The smallest absolute Gasteiger partial charge is 0.270 e. The van der Waals surface area contributed by atoms with Gasteiger partial charge >= 0.3 is 0 Å². The summed E-state index contributed by atoms with van der Waals surface area (Å²) in [5.41, 5.74) is 0.909. The maximum absolute atomic E-state index is 10.8. The van der Waals surface area contributed by atoms with Gasteiger partial charge in [-0.2, -0.15) is 0 Å². The molecule has 1 aromatic carbocycles. The van der Waals surface area contributed by atoms with Crippen LogP contribution in [0.15, 0.2) is 17.1 Å². The first-order chi connectivity index (χ1) is 9.47. The molecule has 1 aliphatic rings. The molecule has 0 amide bonds. The number of nitro groups is 1. The number of nitro benzene ring substituents is 1. The van der Waals surface area contributed by atoms with Crippen molar-refractivity contribution in [1.82, 2.24) is 0 Å². The lowest BCUT2D eigenvalue weighted by Gasteiger charge is -2.22. The Balaban J connectivity index is 2.18. The maximum Gasteiger partial charge on any atom is 0.270 e. The van der Waals surface area contributed by atoms with E-state index in [2.05, 4.69) is 11.9 Å². The topological polar surface area (TPSA) is 75.7 Å². The molecule has 1 N–H and O–H groups in total. The number of phenols is 1. The molecule has 1 saturated carbocycles. The molecule has 0 saturated heterocycles. The third kappa shape index (κ3) is 3.35. The number of non-ortho nitro benzene ring substituents is 1. The van der Waals surface area contributed by atoms with Gasteiger partial charge in [0.15, 0.2) is 0 Å². The van der Waals surface area contributed by atoms with E-state index in [1.54, 1.807) is 13.1 Å². The van der Waals surface area contributed by atoms with E-state index in [1.807, 2.05) is 0 Å². The minimum atomic E-state index is -0.452. The number of aromatic hydroxyl groups is 1. The van der Waals surface area contributed by atoms with Crippen molar-refractivity contribution in [2.75, 3.05) is 0 Å². The standard InChI is InChI=1S/C15H20N2O3/c1-10-3-5-13(6-4-10)16-9-12-8-14(17(19)20)7-11(2)15(12)18/h7-10,13,18H,3-6H2,1-2H3. The number of aliphatic imine (C=N–C) groups is 1. The van der Waals surface area contributed by atoms with E-state index in [0.717, 1.165) is 18.8 Å². The Kier molecular flexibility index (Phi) is 4.37. The molecular weight excluding hydrogens is 256 g/mol. The minimum Gasteiger partial charge on any atom is -0.507 e. The SMILES string of the molecule is Cc1cc([N+](=O)[O-])cc(C=NC2CCC(C)CC2)c1O. The van der Waals surface area contributed by atoms with Crippen LogP contribution in [0, 0.1) is 23.0 Å². The van der Waals surface area contributed by atoms with E-state index in [4.69, 9.17) is 0 Å². The monoisotopic (exact) mass is 276 g/mol. The van der Waals surface area contributed by atoms with Crippen molar-refractivity contribution in [2.45, 2.75) is 45.6 Å². The van der Waals surface area contributed by atoms with Gasteiger partial charge < -0.3 is 5.11 Å². The Bertz CT molecular complexity index is 532. The molecule has 0 heterocycles. The highest BCUT2D eigenvalue weighted by atomic mass is 16.6. The first-order valence-corrected chi connectivity index (χ1v) is 6.98. The molecule has 5 nitrogen and oxygen atoms in total. The highest BCUT2D eigenvalue weighted by Gasteiger charge is 2.17. The molecule has 0 spiro atoms. The average molecular weight is 276 g/mol. The van der Waals surface area contributed by atoms with E-state index in [-0.39, 0.29) is 17.5 Å². The van der Waals surface area contributed by atoms with Crippen LogP contribution >= 0.6 is 0 Å². The Hall–Kier alpha value is -1.91. The van der Waals surface area contributed by atoms with Crippen LogP contribution in [0.1, 0.15) is 43.7 Å². The van der Waals surface area contributed by atoms with Crippen molar-refractivity contribution in [1.29, 1.82) is 0 Å².